The second kappa shape index (κ2) is 8.46. The fourth-order valence-corrected chi connectivity index (χ4v) is 5.09. The van der Waals surface area contributed by atoms with Crippen molar-refractivity contribution in [3.8, 4) is 0 Å². The molecule has 9 heteroatoms. The molecular weight excluding hydrogens is 464 g/mol. The van der Waals surface area contributed by atoms with E-state index in [4.69, 9.17) is 0 Å². The van der Waals surface area contributed by atoms with Crippen molar-refractivity contribution in [2.75, 3.05) is 13.1 Å². The first-order valence-electron chi connectivity index (χ1n) is 11.6. The molecule has 0 bridgehead atoms. The number of hydrogen-bond donors (Lipinski definition) is 0. The van der Waals surface area contributed by atoms with E-state index in [2.05, 4.69) is 0 Å². The molecule has 0 aromatic heterocycles. The maximum absolute atomic E-state index is 13.6. The summed E-state index contributed by atoms with van der Waals surface area (Å²) in [6.45, 7) is 0.128. The average Bonchev–Trinajstić information content (AvgIpc) is 3.66. The van der Waals surface area contributed by atoms with Crippen molar-refractivity contribution >= 4 is 17.8 Å². The van der Waals surface area contributed by atoms with E-state index in [0.29, 0.717) is 49.7 Å². The monoisotopic (exact) mass is 488 g/mol. The number of nitrogens with zero attached hydrogens (tertiary/aromatic N) is 2. The maximum atomic E-state index is 13.6. The van der Waals surface area contributed by atoms with Gasteiger partial charge in [0.2, 0.25) is 11.8 Å². The topological polar surface area (TPSA) is 57.7 Å². The van der Waals surface area contributed by atoms with Crippen LogP contribution in [0.15, 0.2) is 36.4 Å². The van der Waals surface area contributed by atoms with E-state index in [1.807, 2.05) is 0 Å². The fourth-order valence-electron chi connectivity index (χ4n) is 5.09. The summed E-state index contributed by atoms with van der Waals surface area (Å²) < 4.78 is 54.5. The molecule has 5 rings (SSSR count). The zero-order chi connectivity index (χ0) is 25.0. The largest absolute Gasteiger partial charge is 0.333 e. The molecule has 4 amide bonds. The quantitative estimate of drug-likeness (QED) is 0.397. The Morgan fingerprint density at radius 2 is 0.943 bits per heavy atom. The van der Waals surface area contributed by atoms with Crippen molar-refractivity contribution in [3.63, 3.8) is 0 Å². The SMILES string of the molecule is O=C1CC(=O)N(CC2(Cc3cc(F)cc(F)c3)CC2)C(=O)N1CC1(Cc2cc(F)cc(F)c2)CC1. The molecule has 1 aliphatic heterocycles. The summed E-state index contributed by atoms with van der Waals surface area (Å²) in [5.74, 6) is -3.94. The van der Waals surface area contributed by atoms with Crippen molar-refractivity contribution in [3.05, 3.63) is 70.8 Å². The highest BCUT2D eigenvalue weighted by atomic mass is 19.1. The van der Waals surface area contributed by atoms with E-state index in [1.54, 1.807) is 0 Å². The smallest absolute Gasteiger partial charge is 0.274 e. The summed E-state index contributed by atoms with van der Waals surface area (Å²) in [7, 11) is 0. The van der Waals surface area contributed by atoms with Crippen LogP contribution in [0.25, 0.3) is 0 Å². The van der Waals surface area contributed by atoms with Gasteiger partial charge >= 0.3 is 6.03 Å². The molecule has 2 saturated carbocycles. The number of imide groups is 2. The lowest BCUT2D eigenvalue weighted by Crippen LogP contribution is -2.57. The Morgan fingerprint density at radius 1 is 0.600 bits per heavy atom. The van der Waals surface area contributed by atoms with E-state index in [1.165, 1.54) is 24.3 Å². The van der Waals surface area contributed by atoms with Crippen LogP contribution in [0.4, 0.5) is 22.4 Å². The van der Waals surface area contributed by atoms with Gasteiger partial charge in [-0.05, 0) is 84.7 Å². The van der Waals surface area contributed by atoms with Crippen LogP contribution in [-0.4, -0.2) is 40.7 Å². The van der Waals surface area contributed by atoms with E-state index in [9.17, 15) is 31.9 Å². The van der Waals surface area contributed by atoms with Gasteiger partial charge in [0.15, 0.2) is 0 Å². The minimum atomic E-state index is -0.709. The van der Waals surface area contributed by atoms with Crippen LogP contribution in [0.5, 0.6) is 0 Å². The number of carbonyl (C=O) groups is 3. The molecule has 1 saturated heterocycles. The molecule has 3 fully saturated rings. The Hall–Kier alpha value is -3.23. The average molecular weight is 488 g/mol. The third-order valence-corrected chi connectivity index (χ3v) is 7.27. The van der Waals surface area contributed by atoms with Gasteiger partial charge in [-0.15, -0.1) is 0 Å². The summed E-state index contributed by atoms with van der Waals surface area (Å²) in [5.41, 5.74) is -0.0599. The summed E-state index contributed by atoms with van der Waals surface area (Å²) in [6.07, 6.45) is 2.91. The van der Waals surface area contributed by atoms with Gasteiger partial charge in [0.25, 0.3) is 0 Å². The normalized spacial score (nSPS) is 20.4. The first-order valence-corrected chi connectivity index (χ1v) is 11.6. The maximum Gasteiger partial charge on any atom is 0.333 e. The summed E-state index contributed by atoms with van der Waals surface area (Å²) in [4.78, 5) is 40.6. The highest BCUT2D eigenvalue weighted by Crippen LogP contribution is 2.51. The van der Waals surface area contributed by atoms with Crippen molar-refractivity contribution in [2.45, 2.75) is 44.9 Å². The lowest BCUT2D eigenvalue weighted by atomic mass is 9.94. The van der Waals surface area contributed by atoms with Crippen molar-refractivity contribution in [2.24, 2.45) is 10.8 Å². The molecule has 2 aromatic rings. The first kappa shape index (κ1) is 23.5. The van der Waals surface area contributed by atoms with Crippen LogP contribution < -0.4 is 0 Å². The Balaban J connectivity index is 1.29. The Morgan fingerprint density at radius 3 is 1.26 bits per heavy atom. The van der Waals surface area contributed by atoms with Crippen LogP contribution in [0.2, 0.25) is 0 Å². The zero-order valence-corrected chi connectivity index (χ0v) is 19.0. The van der Waals surface area contributed by atoms with Gasteiger partial charge in [-0.3, -0.25) is 19.4 Å². The molecule has 0 spiro atoms. The number of hydrogen-bond acceptors (Lipinski definition) is 3. The molecule has 0 atom stereocenters. The molecule has 0 N–H and O–H groups in total. The Kier molecular flexibility index (Phi) is 5.68. The molecule has 2 aromatic carbocycles. The van der Waals surface area contributed by atoms with Gasteiger partial charge in [0.05, 0.1) is 0 Å². The van der Waals surface area contributed by atoms with Crippen LogP contribution in [-0.2, 0) is 22.4 Å². The molecule has 0 unspecified atom stereocenters. The van der Waals surface area contributed by atoms with Crippen molar-refractivity contribution in [1.29, 1.82) is 0 Å². The lowest BCUT2D eigenvalue weighted by molar-refractivity contribution is -0.143. The van der Waals surface area contributed by atoms with Gasteiger partial charge in [0.1, 0.15) is 29.7 Å². The minimum absolute atomic E-state index is 0.0642. The third kappa shape index (κ3) is 5.09. The van der Waals surface area contributed by atoms with E-state index in [-0.39, 0.29) is 13.1 Å². The third-order valence-electron chi connectivity index (χ3n) is 7.27. The Labute approximate surface area is 199 Å². The number of rotatable bonds is 8. The molecule has 184 valence electrons. The first-order chi connectivity index (χ1) is 16.6. The molecule has 0 radical (unpaired) electrons. The number of carbonyl (C=O) groups excluding carboxylic acids is 3. The molecular formula is C26H24F4N2O3. The van der Waals surface area contributed by atoms with E-state index in [0.717, 1.165) is 21.9 Å². The van der Waals surface area contributed by atoms with Crippen molar-refractivity contribution in [1.82, 2.24) is 9.80 Å². The predicted octanol–water partition coefficient (Wildman–Crippen LogP) is 4.77. The van der Waals surface area contributed by atoms with E-state index < -0.39 is 58.4 Å². The number of amides is 4. The van der Waals surface area contributed by atoms with Gasteiger partial charge in [0, 0.05) is 25.2 Å². The second-order valence-electron chi connectivity index (χ2n) is 10.3. The molecule has 5 nitrogen and oxygen atoms in total. The summed E-state index contributed by atoms with van der Waals surface area (Å²) >= 11 is 0. The molecule has 2 aliphatic carbocycles. The lowest BCUT2D eigenvalue weighted by Gasteiger charge is -2.36. The molecule has 35 heavy (non-hydrogen) atoms. The number of barbiturate groups is 1. The fraction of sp³-hybridized carbons (Fsp3) is 0.423. The number of urea groups is 1. The minimum Gasteiger partial charge on any atom is -0.274 e. The Bertz CT molecular complexity index is 1090. The predicted molar refractivity (Wildman–Crippen MR) is 117 cm³/mol. The second-order valence-corrected chi connectivity index (χ2v) is 10.3. The summed E-state index contributed by atoms with van der Waals surface area (Å²) in [6, 6.07) is 5.83. The van der Waals surface area contributed by atoms with Gasteiger partial charge in [-0.1, -0.05) is 0 Å². The highest BCUT2D eigenvalue weighted by molar-refractivity contribution is 6.14. The standard InChI is InChI=1S/C26H24F4N2O3/c27-18-5-16(6-19(28)9-18)12-25(1-2-25)14-31-22(33)11-23(34)32(24(31)35)15-26(3-4-26)13-17-7-20(29)10-21(30)8-17/h5-10H,1-4,11-15H2. The van der Waals surface area contributed by atoms with E-state index >= 15 is 0 Å². The highest BCUT2D eigenvalue weighted by Gasteiger charge is 2.52. The number of halogens is 4. The van der Waals surface area contributed by atoms with Crippen LogP contribution in [0.1, 0.15) is 43.2 Å². The van der Waals surface area contributed by atoms with Gasteiger partial charge in [-0.25, -0.2) is 22.4 Å². The van der Waals surface area contributed by atoms with Gasteiger partial charge in [-0.2, -0.15) is 0 Å². The molecule has 3 aliphatic rings. The van der Waals surface area contributed by atoms with Crippen molar-refractivity contribution < 1.29 is 31.9 Å². The zero-order valence-electron chi connectivity index (χ0n) is 19.0. The van der Waals surface area contributed by atoms with Crippen LogP contribution in [0, 0.1) is 34.1 Å². The molecule has 1 heterocycles. The van der Waals surface area contributed by atoms with Crippen LogP contribution >= 0.6 is 0 Å². The summed E-state index contributed by atoms with van der Waals surface area (Å²) in [5, 5.41) is 0. The number of benzene rings is 2. The van der Waals surface area contributed by atoms with Crippen LogP contribution in [0.3, 0.4) is 0 Å². The van der Waals surface area contributed by atoms with Gasteiger partial charge < -0.3 is 0 Å².